The summed E-state index contributed by atoms with van der Waals surface area (Å²) in [7, 11) is 0. The molecule has 2 aromatic heterocycles. The molecule has 3 nitrogen and oxygen atoms in total. The molecule has 12 rings (SSSR count). The van der Waals surface area contributed by atoms with Crippen LogP contribution in [0, 0.1) is 0 Å². The average molecular weight is 754 g/mol. The minimum atomic E-state index is 0.894. The first-order valence-corrected chi connectivity index (χ1v) is 20.1. The third-order valence-electron chi connectivity index (χ3n) is 11.9. The van der Waals surface area contributed by atoms with E-state index in [4.69, 9.17) is 8.83 Å². The van der Waals surface area contributed by atoms with E-state index in [9.17, 15) is 0 Å². The molecule has 276 valence electrons. The van der Waals surface area contributed by atoms with Crippen molar-refractivity contribution in [2.45, 2.75) is 0 Å². The van der Waals surface area contributed by atoms with Gasteiger partial charge in [-0.15, -0.1) is 0 Å². The van der Waals surface area contributed by atoms with E-state index >= 15 is 0 Å². The average Bonchev–Trinajstić information content (AvgIpc) is 3.89. The fourth-order valence-electron chi connectivity index (χ4n) is 9.02. The van der Waals surface area contributed by atoms with Gasteiger partial charge < -0.3 is 13.7 Å². The number of hydrogen-bond donors (Lipinski definition) is 0. The second kappa shape index (κ2) is 13.4. The highest BCUT2D eigenvalue weighted by atomic mass is 16.3. The van der Waals surface area contributed by atoms with E-state index in [0.717, 1.165) is 88.6 Å². The summed E-state index contributed by atoms with van der Waals surface area (Å²) >= 11 is 0. The molecular weight excluding hydrogens is 719 g/mol. The van der Waals surface area contributed by atoms with Gasteiger partial charge >= 0.3 is 0 Å². The maximum atomic E-state index is 6.90. The van der Waals surface area contributed by atoms with Crippen LogP contribution in [0.25, 0.3) is 98.8 Å². The maximum absolute atomic E-state index is 6.90. The Hall–Kier alpha value is -7.88. The van der Waals surface area contributed by atoms with Crippen LogP contribution in [0.1, 0.15) is 0 Å². The van der Waals surface area contributed by atoms with Crippen molar-refractivity contribution in [2.24, 2.45) is 0 Å². The number of hydrogen-bond acceptors (Lipinski definition) is 3. The standard InChI is InChI=1S/C56H35NO2/c1-2-14-41(15-3-1)57(42-30-26-37(27-31-42)44-19-10-21-49-47-17-8-9-23-53(47)58-54(44)49)43-32-28-38(29-33-43)45-20-11-22-50-52-35-51(40-25-24-36-12-4-5-13-39(36)34-40)46-16-6-7-18-48(46)56(52)59-55(45)50/h1-35H. The predicted molar refractivity (Wildman–Crippen MR) is 247 cm³/mol. The molecule has 0 aliphatic rings. The molecule has 0 radical (unpaired) electrons. The van der Waals surface area contributed by atoms with Crippen LogP contribution in [0.5, 0.6) is 0 Å². The van der Waals surface area contributed by atoms with E-state index in [-0.39, 0.29) is 0 Å². The number of para-hydroxylation sites is 4. The van der Waals surface area contributed by atoms with Crippen LogP contribution in [0.4, 0.5) is 17.1 Å². The first-order valence-electron chi connectivity index (χ1n) is 20.1. The zero-order chi connectivity index (χ0) is 38.9. The van der Waals surface area contributed by atoms with Gasteiger partial charge in [-0.25, -0.2) is 0 Å². The summed E-state index contributed by atoms with van der Waals surface area (Å²) in [6.45, 7) is 0. The molecule has 2 heterocycles. The van der Waals surface area contributed by atoms with Crippen LogP contribution in [-0.4, -0.2) is 0 Å². The molecule has 0 unspecified atom stereocenters. The monoisotopic (exact) mass is 753 g/mol. The highest BCUT2D eigenvalue weighted by molar-refractivity contribution is 6.21. The Morgan fingerprint density at radius 1 is 0.271 bits per heavy atom. The second-order valence-corrected chi connectivity index (χ2v) is 15.2. The number of benzene rings is 10. The van der Waals surface area contributed by atoms with E-state index in [1.807, 2.05) is 12.1 Å². The Bertz CT molecular complexity index is 3540. The normalized spacial score (nSPS) is 11.7. The van der Waals surface area contributed by atoms with Gasteiger partial charge in [-0.1, -0.05) is 158 Å². The van der Waals surface area contributed by atoms with Crippen LogP contribution < -0.4 is 4.90 Å². The lowest BCUT2D eigenvalue weighted by Crippen LogP contribution is -2.09. The zero-order valence-corrected chi connectivity index (χ0v) is 32.0. The molecule has 0 N–H and O–H groups in total. The molecule has 0 amide bonds. The van der Waals surface area contributed by atoms with Crippen molar-refractivity contribution in [1.29, 1.82) is 0 Å². The first-order chi connectivity index (χ1) is 29.2. The number of furan rings is 2. The molecule has 10 aromatic carbocycles. The van der Waals surface area contributed by atoms with Crippen molar-refractivity contribution in [3.8, 4) is 33.4 Å². The predicted octanol–water partition coefficient (Wildman–Crippen LogP) is 16.3. The Morgan fingerprint density at radius 2 is 0.780 bits per heavy atom. The van der Waals surface area contributed by atoms with Crippen molar-refractivity contribution in [3.63, 3.8) is 0 Å². The van der Waals surface area contributed by atoms with Gasteiger partial charge in [-0.3, -0.25) is 0 Å². The van der Waals surface area contributed by atoms with Gasteiger partial charge in [0.1, 0.15) is 22.3 Å². The quantitative estimate of drug-likeness (QED) is 0.169. The van der Waals surface area contributed by atoms with Crippen LogP contribution in [0.3, 0.4) is 0 Å². The van der Waals surface area contributed by atoms with Crippen molar-refractivity contribution >= 4 is 82.5 Å². The van der Waals surface area contributed by atoms with Gasteiger partial charge in [0.25, 0.3) is 0 Å². The minimum absolute atomic E-state index is 0.894. The topological polar surface area (TPSA) is 29.5 Å². The SMILES string of the molecule is c1ccc(N(c2ccc(-c3cccc4c3oc3ccccc34)cc2)c2ccc(-c3cccc4c3oc3c5ccccc5c(-c5ccc6ccccc6c5)cc43)cc2)cc1. The van der Waals surface area contributed by atoms with E-state index in [1.165, 1.54) is 27.3 Å². The van der Waals surface area contributed by atoms with Crippen LogP contribution >= 0.6 is 0 Å². The molecular formula is C56H35NO2. The van der Waals surface area contributed by atoms with Crippen LogP contribution in [-0.2, 0) is 0 Å². The largest absolute Gasteiger partial charge is 0.455 e. The summed E-state index contributed by atoms with van der Waals surface area (Å²) in [4.78, 5) is 2.30. The summed E-state index contributed by atoms with van der Waals surface area (Å²) in [5.74, 6) is 0. The van der Waals surface area contributed by atoms with Crippen molar-refractivity contribution in [1.82, 2.24) is 0 Å². The molecule has 0 aliphatic heterocycles. The fraction of sp³-hybridized carbons (Fsp3) is 0. The summed E-state index contributed by atoms with van der Waals surface area (Å²) in [6, 6.07) is 75.5. The Kier molecular flexibility index (Phi) is 7.54. The third kappa shape index (κ3) is 5.44. The summed E-state index contributed by atoms with van der Waals surface area (Å²) in [5, 5.41) is 9.27. The minimum Gasteiger partial charge on any atom is -0.455 e. The molecule has 0 saturated carbocycles. The lowest BCUT2D eigenvalue weighted by molar-refractivity contribution is 0.670. The molecule has 0 saturated heterocycles. The zero-order valence-electron chi connectivity index (χ0n) is 32.0. The fourth-order valence-corrected chi connectivity index (χ4v) is 9.02. The second-order valence-electron chi connectivity index (χ2n) is 15.2. The summed E-state index contributed by atoms with van der Waals surface area (Å²) in [6.07, 6.45) is 0. The van der Waals surface area contributed by atoms with Crippen LogP contribution in [0.15, 0.2) is 221 Å². The first kappa shape index (κ1) is 33.3. The van der Waals surface area contributed by atoms with E-state index in [0.29, 0.717) is 0 Å². The molecule has 12 aromatic rings. The van der Waals surface area contributed by atoms with E-state index < -0.39 is 0 Å². The van der Waals surface area contributed by atoms with E-state index in [2.05, 4.69) is 205 Å². The number of nitrogens with zero attached hydrogens (tertiary/aromatic N) is 1. The number of fused-ring (bicyclic) bond motifs is 9. The van der Waals surface area contributed by atoms with Gasteiger partial charge in [0.2, 0.25) is 0 Å². The van der Waals surface area contributed by atoms with Crippen molar-refractivity contribution < 1.29 is 8.83 Å². The molecule has 0 bridgehead atoms. The molecule has 0 spiro atoms. The Morgan fingerprint density at radius 3 is 1.49 bits per heavy atom. The molecule has 0 fully saturated rings. The number of rotatable bonds is 6. The van der Waals surface area contributed by atoms with Gasteiger partial charge in [0.05, 0.1) is 0 Å². The van der Waals surface area contributed by atoms with Gasteiger partial charge in [0.15, 0.2) is 0 Å². The molecule has 59 heavy (non-hydrogen) atoms. The van der Waals surface area contributed by atoms with Crippen molar-refractivity contribution in [3.05, 3.63) is 212 Å². The Labute approximate surface area is 340 Å². The molecule has 0 aliphatic carbocycles. The van der Waals surface area contributed by atoms with Gasteiger partial charge in [0, 0.05) is 55.1 Å². The lowest BCUT2D eigenvalue weighted by Gasteiger charge is -2.26. The lowest BCUT2D eigenvalue weighted by atomic mass is 9.93. The number of anilines is 3. The third-order valence-corrected chi connectivity index (χ3v) is 11.9. The van der Waals surface area contributed by atoms with Gasteiger partial charge in [-0.2, -0.15) is 0 Å². The summed E-state index contributed by atoms with van der Waals surface area (Å²) in [5.41, 5.74) is 13.6. The highest BCUT2D eigenvalue weighted by Gasteiger charge is 2.19. The molecule has 0 atom stereocenters. The molecule has 3 heteroatoms. The van der Waals surface area contributed by atoms with Crippen LogP contribution in [0.2, 0.25) is 0 Å². The maximum Gasteiger partial charge on any atom is 0.143 e. The van der Waals surface area contributed by atoms with E-state index in [1.54, 1.807) is 0 Å². The summed E-state index contributed by atoms with van der Waals surface area (Å²) < 4.78 is 13.3. The highest BCUT2D eigenvalue weighted by Crippen LogP contribution is 2.44. The van der Waals surface area contributed by atoms with Gasteiger partial charge in [-0.05, 0) is 93.0 Å². The smallest absolute Gasteiger partial charge is 0.143 e. The van der Waals surface area contributed by atoms with Crippen molar-refractivity contribution in [2.75, 3.05) is 4.90 Å². The Balaban J connectivity index is 0.937.